The summed E-state index contributed by atoms with van der Waals surface area (Å²) in [6.45, 7) is 9.99. The van der Waals surface area contributed by atoms with Gasteiger partial charge in [-0.3, -0.25) is 4.79 Å². The van der Waals surface area contributed by atoms with Crippen LogP contribution in [-0.4, -0.2) is 12.5 Å². The molecule has 0 saturated carbocycles. The average molecular weight is 432 g/mol. The van der Waals surface area contributed by atoms with Crippen LogP contribution in [0.15, 0.2) is 53.6 Å². The van der Waals surface area contributed by atoms with Crippen LogP contribution in [0.3, 0.4) is 0 Å². The van der Waals surface area contributed by atoms with E-state index < -0.39 is 0 Å². The van der Waals surface area contributed by atoms with Crippen LogP contribution >= 0.6 is 0 Å². The van der Waals surface area contributed by atoms with Gasteiger partial charge in [-0.15, -0.1) is 0 Å². The first kappa shape index (κ1) is 24.3. The molecule has 0 unspecified atom stereocenters. The standard InChI is InChI=1S/C30H41NO/c1-5-6-7-8-9-10-20-31-29(32)27-17-16-25-21-24(13-15-26(25)22-27)14-18-28-23(2)12-11-19-30(28,3)4/h13-18,21-22H,5-12,19-20H2,1-4H3,(H,31,32). The highest BCUT2D eigenvalue weighted by atomic mass is 16.1. The van der Waals surface area contributed by atoms with E-state index in [2.05, 4.69) is 69.4 Å². The van der Waals surface area contributed by atoms with Crippen LogP contribution < -0.4 is 5.32 Å². The Kier molecular flexibility index (Phi) is 8.73. The van der Waals surface area contributed by atoms with Gasteiger partial charge in [-0.2, -0.15) is 0 Å². The third-order valence-corrected chi connectivity index (χ3v) is 6.93. The highest BCUT2D eigenvalue weighted by Crippen LogP contribution is 2.41. The number of carbonyl (C=O) groups is 1. The van der Waals surface area contributed by atoms with Crippen molar-refractivity contribution in [3.63, 3.8) is 0 Å². The van der Waals surface area contributed by atoms with Gasteiger partial charge < -0.3 is 5.32 Å². The van der Waals surface area contributed by atoms with Gasteiger partial charge in [0.2, 0.25) is 0 Å². The van der Waals surface area contributed by atoms with Crippen molar-refractivity contribution in [3.8, 4) is 0 Å². The predicted octanol–water partition coefficient (Wildman–Crippen LogP) is 8.47. The van der Waals surface area contributed by atoms with Crippen molar-refractivity contribution in [2.24, 2.45) is 5.41 Å². The second-order valence-corrected chi connectivity index (χ2v) is 10.1. The third kappa shape index (κ3) is 6.58. The second kappa shape index (κ2) is 11.5. The first-order valence-electron chi connectivity index (χ1n) is 12.6. The summed E-state index contributed by atoms with van der Waals surface area (Å²) in [6, 6.07) is 12.5. The Morgan fingerprint density at radius 3 is 2.47 bits per heavy atom. The van der Waals surface area contributed by atoms with Gasteiger partial charge in [0.25, 0.3) is 5.91 Å². The summed E-state index contributed by atoms with van der Waals surface area (Å²) in [5, 5.41) is 5.37. The monoisotopic (exact) mass is 431 g/mol. The van der Waals surface area contributed by atoms with Crippen molar-refractivity contribution < 1.29 is 4.79 Å². The number of amides is 1. The number of hydrogen-bond acceptors (Lipinski definition) is 1. The van der Waals surface area contributed by atoms with E-state index in [-0.39, 0.29) is 11.3 Å². The van der Waals surface area contributed by atoms with Gasteiger partial charge >= 0.3 is 0 Å². The Morgan fingerprint density at radius 2 is 1.69 bits per heavy atom. The van der Waals surface area contributed by atoms with Gasteiger partial charge in [-0.25, -0.2) is 0 Å². The zero-order valence-electron chi connectivity index (χ0n) is 20.6. The summed E-state index contributed by atoms with van der Waals surface area (Å²) in [6.07, 6.45) is 15.7. The van der Waals surface area contributed by atoms with E-state index in [1.165, 1.54) is 73.5 Å². The fraction of sp³-hybridized carbons (Fsp3) is 0.500. The molecule has 1 N–H and O–H groups in total. The highest BCUT2D eigenvalue weighted by Gasteiger charge is 2.26. The Labute approximate surface area is 195 Å². The van der Waals surface area contributed by atoms with Crippen LogP contribution in [0, 0.1) is 5.41 Å². The molecule has 0 bridgehead atoms. The number of nitrogens with one attached hydrogen (secondary N) is 1. The van der Waals surface area contributed by atoms with Crippen LogP contribution in [-0.2, 0) is 0 Å². The van der Waals surface area contributed by atoms with Gasteiger partial charge in [-0.1, -0.05) is 88.8 Å². The van der Waals surface area contributed by atoms with E-state index >= 15 is 0 Å². The minimum atomic E-state index is 0.0337. The fourth-order valence-corrected chi connectivity index (χ4v) is 4.91. The lowest BCUT2D eigenvalue weighted by Crippen LogP contribution is -2.24. The summed E-state index contributed by atoms with van der Waals surface area (Å²) in [5.41, 5.74) is 5.22. The molecule has 0 fully saturated rings. The first-order valence-corrected chi connectivity index (χ1v) is 12.6. The molecule has 2 heteroatoms. The summed E-state index contributed by atoms with van der Waals surface area (Å²) in [4.78, 5) is 12.5. The molecule has 0 aromatic heterocycles. The molecule has 0 heterocycles. The van der Waals surface area contributed by atoms with E-state index in [0.717, 1.165) is 23.9 Å². The van der Waals surface area contributed by atoms with Crippen LogP contribution in [0.1, 0.15) is 101 Å². The van der Waals surface area contributed by atoms with Gasteiger partial charge in [-0.05, 0) is 78.1 Å². The van der Waals surface area contributed by atoms with Crippen LogP contribution in [0.25, 0.3) is 16.8 Å². The molecule has 3 rings (SSSR count). The number of unbranched alkanes of at least 4 members (excludes halogenated alkanes) is 5. The molecule has 0 saturated heterocycles. The zero-order chi connectivity index (χ0) is 23.0. The predicted molar refractivity (Wildman–Crippen MR) is 139 cm³/mol. The maximum absolute atomic E-state index is 12.5. The molecule has 1 aliphatic carbocycles. The Bertz CT molecular complexity index is 979. The van der Waals surface area contributed by atoms with Crippen LogP contribution in [0.4, 0.5) is 0 Å². The Balaban J connectivity index is 1.61. The number of rotatable bonds is 10. The number of fused-ring (bicyclic) bond motifs is 1. The molecule has 2 aromatic rings. The van der Waals surface area contributed by atoms with Gasteiger partial charge in [0.15, 0.2) is 0 Å². The van der Waals surface area contributed by atoms with Crippen molar-refractivity contribution in [1.29, 1.82) is 0 Å². The molecule has 0 aliphatic heterocycles. The highest BCUT2D eigenvalue weighted by molar-refractivity contribution is 5.98. The molecule has 0 radical (unpaired) electrons. The van der Waals surface area contributed by atoms with Gasteiger partial charge in [0.05, 0.1) is 0 Å². The summed E-state index contributed by atoms with van der Waals surface area (Å²) >= 11 is 0. The van der Waals surface area contributed by atoms with Crippen LogP contribution in [0.5, 0.6) is 0 Å². The number of benzene rings is 2. The first-order chi connectivity index (χ1) is 15.4. The summed E-state index contributed by atoms with van der Waals surface area (Å²) in [5.74, 6) is 0.0337. The fourth-order valence-electron chi connectivity index (χ4n) is 4.91. The molecular formula is C30H41NO. The second-order valence-electron chi connectivity index (χ2n) is 10.1. The average Bonchev–Trinajstić information content (AvgIpc) is 2.77. The van der Waals surface area contributed by atoms with Crippen molar-refractivity contribution >= 4 is 22.8 Å². The molecule has 0 atom stereocenters. The van der Waals surface area contributed by atoms with Crippen molar-refractivity contribution in [1.82, 2.24) is 5.32 Å². The van der Waals surface area contributed by atoms with Gasteiger partial charge in [0, 0.05) is 12.1 Å². The van der Waals surface area contributed by atoms with Gasteiger partial charge in [0.1, 0.15) is 0 Å². The lowest BCUT2D eigenvalue weighted by atomic mass is 9.72. The molecular weight excluding hydrogens is 390 g/mol. The smallest absolute Gasteiger partial charge is 0.251 e. The molecule has 1 aliphatic rings. The Hall–Kier alpha value is -2.35. The van der Waals surface area contributed by atoms with E-state index in [4.69, 9.17) is 0 Å². The molecule has 172 valence electrons. The van der Waals surface area contributed by atoms with Crippen LogP contribution in [0.2, 0.25) is 0 Å². The SMILES string of the molecule is CCCCCCCCNC(=O)c1ccc2cc(C=CC3=C(C)CCCC3(C)C)ccc2c1. The number of hydrogen-bond donors (Lipinski definition) is 1. The molecule has 32 heavy (non-hydrogen) atoms. The van der Waals surface area contributed by atoms with E-state index in [1.54, 1.807) is 0 Å². The minimum Gasteiger partial charge on any atom is -0.352 e. The van der Waals surface area contributed by atoms with Crippen molar-refractivity contribution in [2.45, 2.75) is 85.5 Å². The molecule has 0 spiro atoms. The maximum Gasteiger partial charge on any atom is 0.251 e. The molecule has 1 amide bonds. The number of carbonyl (C=O) groups excluding carboxylic acids is 1. The van der Waals surface area contributed by atoms with E-state index in [1.807, 2.05) is 12.1 Å². The molecule has 2 aromatic carbocycles. The summed E-state index contributed by atoms with van der Waals surface area (Å²) in [7, 11) is 0. The third-order valence-electron chi connectivity index (χ3n) is 6.93. The lowest BCUT2D eigenvalue weighted by molar-refractivity contribution is 0.0953. The maximum atomic E-state index is 12.5. The Morgan fingerprint density at radius 1 is 0.969 bits per heavy atom. The minimum absolute atomic E-state index is 0.0337. The quantitative estimate of drug-likeness (QED) is 0.375. The van der Waals surface area contributed by atoms with E-state index in [9.17, 15) is 4.79 Å². The number of allylic oxidation sites excluding steroid dienone is 3. The largest absolute Gasteiger partial charge is 0.352 e. The van der Waals surface area contributed by atoms with E-state index in [0.29, 0.717) is 0 Å². The lowest BCUT2D eigenvalue weighted by Gasteiger charge is -2.32. The summed E-state index contributed by atoms with van der Waals surface area (Å²) < 4.78 is 0. The zero-order valence-corrected chi connectivity index (χ0v) is 20.6. The molecule has 2 nitrogen and oxygen atoms in total. The van der Waals surface area contributed by atoms with Crippen molar-refractivity contribution in [3.05, 3.63) is 64.7 Å². The van der Waals surface area contributed by atoms with Crippen molar-refractivity contribution in [2.75, 3.05) is 6.54 Å². The normalized spacial score (nSPS) is 16.1. The topological polar surface area (TPSA) is 29.1 Å².